The number of aliphatic hydroxyl groups excluding tert-OH is 11. The highest BCUT2D eigenvalue weighted by Crippen LogP contribution is 2.73. The quantitative estimate of drug-likeness (QED) is 0.0965. The molecule has 0 radical (unpaired) electrons. The van der Waals surface area contributed by atoms with Gasteiger partial charge in [-0.25, -0.2) is 0 Å². The highest BCUT2D eigenvalue weighted by molar-refractivity contribution is 5.33. The van der Waals surface area contributed by atoms with Gasteiger partial charge in [-0.1, -0.05) is 39.3 Å². The molecule has 73 heavy (non-hydrogen) atoms. The molecule has 6 aliphatic heterocycles. The molecule has 1 spiro atoms. The van der Waals surface area contributed by atoms with Gasteiger partial charge in [0.05, 0.1) is 50.3 Å². The molecule has 0 aromatic carbocycles. The molecule has 23 heteroatoms. The van der Waals surface area contributed by atoms with Crippen molar-refractivity contribution in [2.75, 3.05) is 26.4 Å². The topological polar surface area (TPSA) is 355 Å². The second-order valence-electron chi connectivity index (χ2n) is 23.7. The lowest BCUT2D eigenvalue weighted by Gasteiger charge is -2.63. The number of ether oxygens (including phenoxy) is 10. The Morgan fingerprint density at radius 2 is 1.26 bits per heavy atom. The molecule has 6 saturated heterocycles. The molecule has 3 saturated carbocycles. The Bertz CT molecular complexity index is 1980. The van der Waals surface area contributed by atoms with Gasteiger partial charge in [0.1, 0.15) is 91.1 Å². The molecular formula is C50H80O23. The molecule has 13 N–H and O–H groups in total. The van der Waals surface area contributed by atoms with Crippen molar-refractivity contribution in [3.63, 3.8) is 0 Å². The lowest BCUT2D eigenvalue weighted by atomic mass is 9.44. The fourth-order valence-electron chi connectivity index (χ4n) is 15.1. The zero-order valence-electron chi connectivity index (χ0n) is 42.1. The van der Waals surface area contributed by atoms with Crippen LogP contribution in [0.3, 0.4) is 0 Å². The predicted octanol–water partition coefficient (Wildman–Crippen LogP) is -3.09. The third kappa shape index (κ3) is 8.66. The fourth-order valence-corrected chi connectivity index (χ4v) is 15.1. The molecule has 0 aromatic rings. The van der Waals surface area contributed by atoms with Crippen LogP contribution in [-0.4, -0.2) is 239 Å². The van der Waals surface area contributed by atoms with Crippen molar-refractivity contribution < 1.29 is 114 Å². The summed E-state index contributed by atoms with van der Waals surface area (Å²) in [5, 5.41) is 144. The van der Waals surface area contributed by atoms with E-state index in [0.29, 0.717) is 51.0 Å². The summed E-state index contributed by atoms with van der Waals surface area (Å²) in [5.41, 5.74) is -2.73. The predicted molar refractivity (Wildman–Crippen MR) is 244 cm³/mol. The van der Waals surface area contributed by atoms with Crippen molar-refractivity contribution in [2.24, 2.45) is 34.5 Å². The van der Waals surface area contributed by atoms with Gasteiger partial charge in [-0.05, 0) is 75.0 Å². The van der Waals surface area contributed by atoms with Crippen LogP contribution in [0.2, 0.25) is 0 Å². The number of aliphatic hydroxyl groups is 13. The van der Waals surface area contributed by atoms with Gasteiger partial charge in [0.15, 0.2) is 30.9 Å². The van der Waals surface area contributed by atoms with E-state index in [0.717, 1.165) is 18.4 Å². The maximum atomic E-state index is 13.1. The average Bonchev–Trinajstić information content (AvgIpc) is 3.68. The fraction of sp³-hybridized carbons (Fsp3) is 0.960. The lowest BCUT2D eigenvalue weighted by Crippen LogP contribution is -2.68. The van der Waals surface area contributed by atoms with Crippen molar-refractivity contribution in [3.05, 3.63) is 11.6 Å². The minimum atomic E-state index is -1.96. The summed E-state index contributed by atoms with van der Waals surface area (Å²) in [6.07, 6.45) is -25.8. The smallest absolute Gasteiger partial charge is 0.187 e. The first-order valence-electron chi connectivity index (χ1n) is 26.5. The summed E-state index contributed by atoms with van der Waals surface area (Å²) in [7, 11) is 0. The van der Waals surface area contributed by atoms with E-state index in [1.165, 1.54) is 6.92 Å². The molecule has 0 unspecified atom stereocenters. The zero-order valence-corrected chi connectivity index (χ0v) is 42.1. The molecule has 30 atom stereocenters. The van der Waals surface area contributed by atoms with Crippen molar-refractivity contribution in [2.45, 2.75) is 238 Å². The van der Waals surface area contributed by atoms with Crippen molar-refractivity contribution in [3.8, 4) is 0 Å². The number of hydrogen-bond donors (Lipinski definition) is 13. The van der Waals surface area contributed by atoms with Crippen molar-refractivity contribution in [1.29, 1.82) is 0 Å². The molecule has 10 aliphatic rings. The molecule has 0 aromatic heterocycles. The van der Waals surface area contributed by atoms with E-state index in [1.807, 2.05) is 13.8 Å². The third-order valence-electron chi connectivity index (χ3n) is 19.8. The van der Waals surface area contributed by atoms with Crippen LogP contribution in [0.25, 0.3) is 0 Å². The minimum absolute atomic E-state index is 0.0355. The van der Waals surface area contributed by atoms with Gasteiger partial charge in [-0.3, -0.25) is 0 Å². The van der Waals surface area contributed by atoms with Gasteiger partial charge in [0.2, 0.25) is 0 Å². The molecular weight excluding hydrogens is 969 g/mol. The van der Waals surface area contributed by atoms with E-state index >= 15 is 0 Å². The highest BCUT2D eigenvalue weighted by Gasteiger charge is 2.81. The molecule has 0 bridgehead atoms. The van der Waals surface area contributed by atoms with E-state index in [9.17, 15) is 66.4 Å². The average molecular weight is 1050 g/mol. The Morgan fingerprint density at radius 3 is 1.95 bits per heavy atom. The summed E-state index contributed by atoms with van der Waals surface area (Å²) in [6.45, 7) is 8.24. The molecule has 23 nitrogen and oxygen atoms in total. The molecule has 9 fully saturated rings. The van der Waals surface area contributed by atoms with Crippen molar-refractivity contribution >= 4 is 0 Å². The Kier molecular flexibility index (Phi) is 15.2. The Balaban J connectivity index is 0.938. The molecule has 10 rings (SSSR count). The first-order chi connectivity index (χ1) is 34.5. The summed E-state index contributed by atoms with van der Waals surface area (Å²) in [4.78, 5) is 0. The lowest BCUT2D eigenvalue weighted by molar-refractivity contribution is -0.407. The standard InChI is InChI=1S/C50H80O23/c1-20-8-13-49(65-18-20)22(3)50(63)30(73-49)15-48(62)26-7-6-23-14-24(9-11-46(23,4)25(26)10-12-47(48,50)5)67-45-41(72-43-37(60)34(57)31(54)21(2)66-43)40(71-42-36(59)32(55)27(53)19-64-42)39(29(17-52)69-45)70-44-38(61)35(58)33(56)28(16-51)68-44/h6,20-22,24-45,51-63H,7-19H2,1-5H3/t20-,21+,22-,24+,25+,26-,27-,28-,29-,30+,31+,32+,33-,34-,35+,36-,37-,38-,39-,40+,41-,42+,43+,44+,45-,46+,47+,48-,49-,50-/m1/s1. The van der Waals surface area contributed by atoms with Crippen LogP contribution >= 0.6 is 0 Å². The normalized spacial score (nSPS) is 58.2. The largest absolute Gasteiger partial charge is 0.394 e. The van der Waals surface area contributed by atoms with Crippen LogP contribution in [0, 0.1) is 34.5 Å². The Hall–Kier alpha value is -1.18. The van der Waals surface area contributed by atoms with E-state index in [-0.39, 0.29) is 24.2 Å². The van der Waals surface area contributed by atoms with E-state index < -0.39 is 177 Å². The number of rotatable bonds is 10. The number of hydrogen-bond acceptors (Lipinski definition) is 23. The van der Waals surface area contributed by atoms with Crippen LogP contribution in [0.4, 0.5) is 0 Å². The molecule has 418 valence electrons. The third-order valence-corrected chi connectivity index (χ3v) is 19.8. The van der Waals surface area contributed by atoms with Crippen LogP contribution in [0.15, 0.2) is 11.6 Å². The maximum Gasteiger partial charge on any atom is 0.187 e. The van der Waals surface area contributed by atoms with Gasteiger partial charge in [-0.15, -0.1) is 0 Å². The van der Waals surface area contributed by atoms with Crippen LogP contribution in [0.1, 0.15) is 92.4 Å². The van der Waals surface area contributed by atoms with Gasteiger partial charge in [0.25, 0.3) is 0 Å². The molecule has 4 aliphatic carbocycles. The number of fused-ring (bicyclic) bond motifs is 7. The summed E-state index contributed by atoms with van der Waals surface area (Å²) < 4.78 is 62.7. The Labute approximate surface area is 423 Å². The summed E-state index contributed by atoms with van der Waals surface area (Å²) in [5.74, 6) is -1.02. The van der Waals surface area contributed by atoms with Crippen LogP contribution < -0.4 is 0 Å². The Morgan fingerprint density at radius 1 is 0.616 bits per heavy atom. The zero-order chi connectivity index (χ0) is 52.5. The monoisotopic (exact) mass is 1050 g/mol. The summed E-state index contributed by atoms with van der Waals surface area (Å²) in [6, 6.07) is 0. The second-order valence-corrected chi connectivity index (χ2v) is 23.7. The first-order valence-corrected chi connectivity index (χ1v) is 26.5. The molecule has 6 heterocycles. The minimum Gasteiger partial charge on any atom is -0.394 e. The van der Waals surface area contributed by atoms with Gasteiger partial charge < -0.3 is 114 Å². The van der Waals surface area contributed by atoms with Gasteiger partial charge in [0, 0.05) is 24.2 Å². The maximum absolute atomic E-state index is 13.1. The first kappa shape index (κ1) is 55.1. The van der Waals surface area contributed by atoms with Gasteiger partial charge in [-0.2, -0.15) is 0 Å². The SMILES string of the molecule is C[C@@H]1CC[C@@]2(OC1)O[C@H]1C[C@@]3(O)[C@@H]4CC=C5C[C@@H](O[C@@H]6O[C@H](CO)[C@@H](O[C@@H]7O[C@H](CO)[C@@H](O)[C@H](O)[C@H]7O)[C@H](O[C@@H]7OC[C@@H](O)[C@H](O)[C@H]7O)[C@H]6O[C@@H]6O[C@@H](C)[C@H](O)[C@@H](O)[C@H]6O)CC[C@]5(C)[C@H]4CC[C@]3(C)[C@@]1(O)[C@@H]2C. The van der Waals surface area contributed by atoms with Crippen LogP contribution in [0.5, 0.6) is 0 Å². The second kappa shape index (κ2) is 20.2. The molecule has 0 amide bonds. The highest BCUT2D eigenvalue weighted by atomic mass is 16.8. The summed E-state index contributed by atoms with van der Waals surface area (Å²) >= 11 is 0. The van der Waals surface area contributed by atoms with Crippen molar-refractivity contribution in [1.82, 2.24) is 0 Å². The van der Waals surface area contributed by atoms with Crippen LogP contribution in [-0.2, 0) is 47.4 Å². The van der Waals surface area contributed by atoms with E-state index in [1.54, 1.807) is 0 Å². The number of allylic oxidation sites excluding steroid dienone is 1. The van der Waals surface area contributed by atoms with E-state index in [4.69, 9.17) is 47.4 Å². The van der Waals surface area contributed by atoms with Gasteiger partial charge >= 0.3 is 0 Å². The van der Waals surface area contributed by atoms with E-state index in [2.05, 4.69) is 19.9 Å².